The number of nitrogens with zero attached hydrogens (tertiary/aromatic N) is 2. The van der Waals surface area contributed by atoms with Crippen molar-refractivity contribution in [3.05, 3.63) is 95.8 Å². The fourth-order valence-electron chi connectivity index (χ4n) is 3.48. The summed E-state index contributed by atoms with van der Waals surface area (Å²) in [5.41, 5.74) is 3.34. The quantitative estimate of drug-likeness (QED) is 0.734. The molecule has 2 aromatic carbocycles. The number of carbonyl (C=O) groups excluding carboxylic acids is 1. The molecule has 0 saturated heterocycles. The van der Waals surface area contributed by atoms with Crippen LogP contribution in [0.1, 0.15) is 23.6 Å². The van der Waals surface area contributed by atoms with Gasteiger partial charge in [-0.25, -0.2) is 0 Å². The Morgan fingerprint density at radius 2 is 1.62 bits per heavy atom. The lowest BCUT2D eigenvalue weighted by molar-refractivity contribution is -0.121. The highest BCUT2D eigenvalue weighted by Crippen LogP contribution is 2.45. The van der Waals surface area contributed by atoms with Crippen LogP contribution in [0.25, 0.3) is 0 Å². The summed E-state index contributed by atoms with van der Waals surface area (Å²) in [6.07, 6.45) is 3.58. The number of amides is 1. The van der Waals surface area contributed by atoms with Crippen molar-refractivity contribution in [2.24, 2.45) is 0 Å². The molecule has 1 aliphatic heterocycles. The lowest BCUT2D eigenvalue weighted by atomic mass is 9.78. The largest absolute Gasteiger partial charge is 0.307 e. The smallest absolute Gasteiger partial charge is 0.242 e. The van der Waals surface area contributed by atoms with E-state index in [1.807, 2.05) is 84.8 Å². The van der Waals surface area contributed by atoms with E-state index in [0.717, 1.165) is 22.4 Å². The van der Waals surface area contributed by atoms with Gasteiger partial charge < -0.3 is 4.90 Å². The molecule has 1 atom stereocenters. The number of benzene rings is 2. The summed E-state index contributed by atoms with van der Waals surface area (Å²) >= 11 is 0. The molecule has 0 radical (unpaired) electrons. The summed E-state index contributed by atoms with van der Waals surface area (Å²) in [4.78, 5) is 19.5. The maximum absolute atomic E-state index is 13.4. The van der Waals surface area contributed by atoms with Gasteiger partial charge in [0.25, 0.3) is 0 Å². The molecule has 0 aliphatic carbocycles. The Morgan fingerprint density at radius 3 is 2.33 bits per heavy atom. The maximum atomic E-state index is 13.4. The van der Waals surface area contributed by atoms with E-state index in [-0.39, 0.29) is 5.91 Å². The summed E-state index contributed by atoms with van der Waals surface area (Å²) in [5.74, 6) is 0.0977. The Balaban J connectivity index is 1.83. The van der Waals surface area contributed by atoms with Gasteiger partial charge in [0, 0.05) is 18.0 Å². The molecule has 118 valence electrons. The van der Waals surface area contributed by atoms with Crippen LogP contribution in [0.3, 0.4) is 0 Å². The molecule has 1 aromatic heterocycles. The van der Waals surface area contributed by atoms with Gasteiger partial charge in [-0.1, -0.05) is 60.7 Å². The second-order valence-corrected chi connectivity index (χ2v) is 6.26. The molecule has 0 fully saturated rings. The van der Waals surface area contributed by atoms with E-state index in [2.05, 4.69) is 4.98 Å². The van der Waals surface area contributed by atoms with Gasteiger partial charge in [-0.05, 0) is 24.1 Å². The second kappa shape index (κ2) is 5.60. The first kappa shape index (κ1) is 14.6. The lowest BCUT2D eigenvalue weighted by Crippen LogP contribution is -2.38. The molecule has 3 heteroatoms. The van der Waals surface area contributed by atoms with Crippen LogP contribution in [0, 0.1) is 0 Å². The van der Waals surface area contributed by atoms with Gasteiger partial charge >= 0.3 is 0 Å². The molecule has 0 saturated carbocycles. The van der Waals surface area contributed by atoms with Crippen LogP contribution in [0.2, 0.25) is 0 Å². The van der Waals surface area contributed by atoms with Crippen LogP contribution < -0.4 is 4.90 Å². The van der Waals surface area contributed by atoms with Gasteiger partial charge in [0.2, 0.25) is 5.91 Å². The number of hydrogen-bond acceptors (Lipinski definition) is 2. The molecular formula is C21H18N2O. The van der Waals surface area contributed by atoms with Gasteiger partial charge in [0.05, 0.1) is 12.2 Å². The third-order valence-corrected chi connectivity index (χ3v) is 4.84. The van der Waals surface area contributed by atoms with E-state index < -0.39 is 5.41 Å². The Labute approximate surface area is 141 Å². The minimum atomic E-state index is -0.695. The highest BCUT2D eigenvalue weighted by Gasteiger charge is 2.48. The average Bonchev–Trinajstić information content (AvgIpc) is 2.87. The zero-order chi connectivity index (χ0) is 16.6. The standard InChI is InChI=1S/C21H18N2O/c1-21(17-10-6-3-7-11-17)18-14-22-13-12-19(18)23(20(21)24)15-16-8-4-2-5-9-16/h2-14H,15H2,1H3. The van der Waals surface area contributed by atoms with Crippen molar-refractivity contribution < 1.29 is 4.79 Å². The van der Waals surface area contributed by atoms with Crippen LogP contribution in [0.15, 0.2) is 79.1 Å². The van der Waals surface area contributed by atoms with E-state index in [4.69, 9.17) is 0 Å². The predicted molar refractivity (Wildman–Crippen MR) is 94.8 cm³/mol. The fourth-order valence-corrected chi connectivity index (χ4v) is 3.48. The van der Waals surface area contributed by atoms with Gasteiger partial charge in [0.1, 0.15) is 5.41 Å². The highest BCUT2D eigenvalue weighted by molar-refractivity contribution is 6.09. The van der Waals surface area contributed by atoms with Crippen LogP contribution in [0.5, 0.6) is 0 Å². The molecule has 0 bridgehead atoms. The number of rotatable bonds is 3. The van der Waals surface area contributed by atoms with E-state index in [0.29, 0.717) is 6.54 Å². The molecule has 3 nitrogen and oxygen atoms in total. The van der Waals surface area contributed by atoms with Crippen LogP contribution >= 0.6 is 0 Å². The number of anilines is 1. The summed E-state index contributed by atoms with van der Waals surface area (Å²) in [6, 6.07) is 22.0. The fraction of sp³-hybridized carbons (Fsp3) is 0.143. The minimum absolute atomic E-state index is 0.0977. The first-order valence-electron chi connectivity index (χ1n) is 8.07. The molecule has 24 heavy (non-hydrogen) atoms. The molecule has 2 heterocycles. The van der Waals surface area contributed by atoms with Crippen molar-refractivity contribution in [2.75, 3.05) is 4.90 Å². The summed E-state index contributed by atoms with van der Waals surface area (Å²) in [6.45, 7) is 2.56. The minimum Gasteiger partial charge on any atom is -0.307 e. The van der Waals surface area contributed by atoms with Gasteiger partial charge in [-0.15, -0.1) is 0 Å². The maximum Gasteiger partial charge on any atom is 0.242 e. The number of pyridine rings is 1. The predicted octanol–water partition coefficient (Wildman–Crippen LogP) is 3.93. The summed E-state index contributed by atoms with van der Waals surface area (Å²) in [7, 11) is 0. The summed E-state index contributed by atoms with van der Waals surface area (Å²) in [5, 5.41) is 0. The van der Waals surface area contributed by atoms with Crippen molar-refractivity contribution in [1.82, 2.24) is 4.98 Å². The SMILES string of the molecule is CC1(c2ccccc2)C(=O)N(Cc2ccccc2)c2ccncc21. The van der Waals surface area contributed by atoms with E-state index in [1.165, 1.54) is 0 Å². The topological polar surface area (TPSA) is 33.2 Å². The van der Waals surface area contributed by atoms with E-state index in [1.54, 1.807) is 6.20 Å². The highest BCUT2D eigenvalue weighted by atomic mass is 16.2. The zero-order valence-electron chi connectivity index (χ0n) is 13.5. The van der Waals surface area contributed by atoms with Crippen molar-refractivity contribution in [3.8, 4) is 0 Å². The lowest BCUT2D eigenvalue weighted by Gasteiger charge is -2.25. The summed E-state index contributed by atoms with van der Waals surface area (Å²) < 4.78 is 0. The normalized spacial score (nSPS) is 19.4. The van der Waals surface area contributed by atoms with Crippen molar-refractivity contribution in [2.45, 2.75) is 18.9 Å². The first-order chi connectivity index (χ1) is 11.7. The number of carbonyl (C=O) groups is 1. The Bertz CT molecular complexity index is 877. The van der Waals surface area contributed by atoms with E-state index >= 15 is 0 Å². The van der Waals surface area contributed by atoms with Crippen LogP contribution in [-0.4, -0.2) is 10.9 Å². The number of fused-ring (bicyclic) bond motifs is 1. The third-order valence-electron chi connectivity index (χ3n) is 4.84. The van der Waals surface area contributed by atoms with Gasteiger partial charge in [-0.2, -0.15) is 0 Å². The van der Waals surface area contributed by atoms with Crippen molar-refractivity contribution in [1.29, 1.82) is 0 Å². The molecule has 1 aliphatic rings. The third kappa shape index (κ3) is 2.13. The molecule has 4 rings (SSSR count). The van der Waals surface area contributed by atoms with E-state index in [9.17, 15) is 4.79 Å². The monoisotopic (exact) mass is 314 g/mol. The molecule has 1 amide bonds. The average molecular weight is 314 g/mol. The zero-order valence-corrected chi connectivity index (χ0v) is 13.5. The molecule has 0 N–H and O–H groups in total. The van der Waals surface area contributed by atoms with Crippen LogP contribution in [-0.2, 0) is 16.8 Å². The molecular weight excluding hydrogens is 296 g/mol. The van der Waals surface area contributed by atoms with Gasteiger partial charge in [0.15, 0.2) is 0 Å². The Hall–Kier alpha value is -2.94. The second-order valence-electron chi connectivity index (χ2n) is 6.26. The van der Waals surface area contributed by atoms with Crippen molar-refractivity contribution >= 4 is 11.6 Å². The Morgan fingerprint density at radius 1 is 0.958 bits per heavy atom. The number of hydrogen-bond donors (Lipinski definition) is 0. The molecule has 3 aromatic rings. The molecule has 1 unspecified atom stereocenters. The van der Waals surface area contributed by atoms with Crippen LogP contribution in [0.4, 0.5) is 5.69 Å². The Kier molecular flexibility index (Phi) is 3.42. The van der Waals surface area contributed by atoms with Crippen molar-refractivity contribution in [3.63, 3.8) is 0 Å². The molecule has 0 spiro atoms. The number of aromatic nitrogens is 1. The first-order valence-corrected chi connectivity index (χ1v) is 8.07. The van der Waals surface area contributed by atoms with Gasteiger partial charge in [-0.3, -0.25) is 9.78 Å².